The highest BCUT2D eigenvalue weighted by molar-refractivity contribution is 9.10. The van der Waals surface area contributed by atoms with Crippen molar-refractivity contribution in [3.8, 4) is 11.3 Å². The van der Waals surface area contributed by atoms with E-state index in [-0.39, 0.29) is 0 Å². The minimum Gasteiger partial charge on any atom is -0.377 e. The number of para-hydroxylation sites is 1. The molecule has 1 saturated heterocycles. The van der Waals surface area contributed by atoms with Gasteiger partial charge >= 0.3 is 0 Å². The van der Waals surface area contributed by atoms with Crippen LogP contribution in [-0.2, 0) is 11.3 Å². The normalized spacial score (nSPS) is 17.9. The van der Waals surface area contributed by atoms with E-state index in [1.807, 2.05) is 0 Å². The summed E-state index contributed by atoms with van der Waals surface area (Å²) in [7, 11) is 2.12. The SMILES string of the molecule is CN1Cc2cn(C3COC3)nc2-c2cccc(Br)c21. The van der Waals surface area contributed by atoms with Crippen LogP contribution in [0.2, 0.25) is 0 Å². The van der Waals surface area contributed by atoms with Crippen molar-refractivity contribution in [1.82, 2.24) is 9.78 Å². The third kappa shape index (κ3) is 1.65. The molecule has 4 rings (SSSR count). The molecule has 0 radical (unpaired) electrons. The lowest BCUT2D eigenvalue weighted by molar-refractivity contribution is -0.0285. The van der Waals surface area contributed by atoms with Crippen molar-refractivity contribution in [3.63, 3.8) is 0 Å². The molecule has 2 aromatic rings. The Morgan fingerprint density at radius 1 is 1.37 bits per heavy atom. The largest absolute Gasteiger partial charge is 0.377 e. The third-order valence-corrected chi connectivity index (χ3v) is 4.47. The van der Waals surface area contributed by atoms with E-state index in [9.17, 15) is 0 Å². The smallest absolute Gasteiger partial charge is 0.0994 e. The number of ether oxygens (including phenoxy) is 1. The van der Waals surface area contributed by atoms with Crippen molar-refractivity contribution in [1.29, 1.82) is 0 Å². The second-order valence-corrected chi connectivity index (χ2v) is 6.02. The number of nitrogens with zero attached hydrogens (tertiary/aromatic N) is 3. The van der Waals surface area contributed by atoms with Gasteiger partial charge in [-0.05, 0) is 22.0 Å². The summed E-state index contributed by atoms with van der Waals surface area (Å²) in [5, 5.41) is 4.78. The zero-order valence-corrected chi connectivity index (χ0v) is 12.2. The molecule has 3 heterocycles. The molecule has 1 fully saturated rings. The number of anilines is 1. The Morgan fingerprint density at radius 3 is 2.95 bits per heavy atom. The number of hydrogen-bond donors (Lipinski definition) is 0. The van der Waals surface area contributed by atoms with Gasteiger partial charge in [-0.15, -0.1) is 0 Å². The summed E-state index contributed by atoms with van der Waals surface area (Å²) in [6.07, 6.45) is 2.17. The van der Waals surface area contributed by atoms with Crippen molar-refractivity contribution < 1.29 is 4.74 Å². The first-order valence-electron chi connectivity index (χ1n) is 6.40. The summed E-state index contributed by atoms with van der Waals surface area (Å²) in [4.78, 5) is 2.27. The van der Waals surface area contributed by atoms with Gasteiger partial charge in [-0.25, -0.2) is 0 Å². The Morgan fingerprint density at radius 2 is 2.21 bits per heavy atom. The van der Waals surface area contributed by atoms with E-state index in [1.54, 1.807) is 0 Å². The summed E-state index contributed by atoms with van der Waals surface area (Å²) < 4.78 is 8.44. The standard InChI is InChI=1S/C14H14BrN3O/c1-17-5-9-6-18(10-7-19-8-10)16-13(9)11-3-2-4-12(15)14(11)17/h2-4,6,10H,5,7-8H2,1H3. The number of fused-ring (bicyclic) bond motifs is 3. The van der Waals surface area contributed by atoms with Gasteiger partial charge in [0.25, 0.3) is 0 Å². The van der Waals surface area contributed by atoms with Gasteiger partial charge in [-0.2, -0.15) is 5.10 Å². The molecule has 0 saturated carbocycles. The molecular formula is C14H14BrN3O. The molecule has 0 amide bonds. The first-order chi connectivity index (χ1) is 9.24. The lowest BCUT2D eigenvalue weighted by Crippen LogP contribution is -2.30. The Labute approximate surface area is 120 Å². The van der Waals surface area contributed by atoms with Crippen molar-refractivity contribution in [2.24, 2.45) is 0 Å². The Hall–Kier alpha value is -1.33. The molecular weight excluding hydrogens is 306 g/mol. The van der Waals surface area contributed by atoms with E-state index in [2.05, 4.69) is 57.0 Å². The van der Waals surface area contributed by atoms with E-state index >= 15 is 0 Å². The molecule has 1 aromatic heterocycles. The molecule has 5 heteroatoms. The average molecular weight is 320 g/mol. The predicted octanol–water partition coefficient (Wildman–Crippen LogP) is 2.83. The number of benzene rings is 1. The number of rotatable bonds is 1. The fourth-order valence-electron chi connectivity index (χ4n) is 2.76. The summed E-state index contributed by atoms with van der Waals surface area (Å²) in [6.45, 7) is 2.46. The van der Waals surface area contributed by atoms with Crippen LogP contribution in [0, 0.1) is 0 Å². The van der Waals surface area contributed by atoms with Gasteiger partial charge < -0.3 is 9.64 Å². The zero-order valence-electron chi connectivity index (χ0n) is 10.6. The fourth-order valence-corrected chi connectivity index (χ4v) is 3.43. The van der Waals surface area contributed by atoms with Crippen molar-refractivity contribution >= 4 is 21.6 Å². The molecule has 0 N–H and O–H groups in total. The summed E-state index contributed by atoms with van der Waals surface area (Å²) in [5.41, 5.74) is 4.84. The Balaban J connectivity index is 1.87. The molecule has 2 aliphatic rings. The number of hydrogen-bond acceptors (Lipinski definition) is 3. The predicted molar refractivity (Wildman–Crippen MR) is 77.3 cm³/mol. The van der Waals surface area contributed by atoms with Crippen LogP contribution in [0.15, 0.2) is 28.9 Å². The monoisotopic (exact) mass is 319 g/mol. The van der Waals surface area contributed by atoms with Gasteiger partial charge in [0.1, 0.15) is 0 Å². The maximum Gasteiger partial charge on any atom is 0.0994 e. The first kappa shape index (κ1) is 11.5. The molecule has 98 valence electrons. The minimum absolute atomic E-state index is 0.409. The highest BCUT2D eigenvalue weighted by Gasteiger charge is 2.28. The summed E-state index contributed by atoms with van der Waals surface area (Å²) in [5.74, 6) is 0. The van der Waals surface area contributed by atoms with Gasteiger partial charge in [0.05, 0.1) is 30.6 Å². The highest BCUT2D eigenvalue weighted by Crippen LogP contribution is 2.42. The van der Waals surface area contributed by atoms with Gasteiger partial charge in [-0.1, -0.05) is 12.1 Å². The van der Waals surface area contributed by atoms with Crippen molar-refractivity contribution in [2.45, 2.75) is 12.6 Å². The van der Waals surface area contributed by atoms with Crippen molar-refractivity contribution in [3.05, 3.63) is 34.4 Å². The fraction of sp³-hybridized carbons (Fsp3) is 0.357. The van der Waals surface area contributed by atoms with Crippen LogP contribution in [0.3, 0.4) is 0 Å². The van der Waals surface area contributed by atoms with Crippen LogP contribution in [0.1, 0.15) is 11.6 Å². The van der Waals surface area contributed by atoms with Gasteiger partial charge in [0, 0.05) is 35.4 Å². The highest BCUT2D eigenvalue weighted by atomic mass is 79.9. The number of aromatic nitrogens is 2. The molecule has 0 atom stereocenters. The van der Waals surface area contributed by atoms with E-state index in [0.717, 1.165) is 29.9 Å². The molecule has 4 nitrogen and oxygen atoms in total. The average Bonchev–Trinajstić information content (AvgIpc) is 2.70. The van der Waals surface area contributed by atoms with Gasteiger partial charge in [0.2, 0.25) is 0 Å². The zero-order chi connectivity index (χ0) is 13.0. The molecule has 1 aromatic carbocycles. The van der Waals surface area contributed by atoms with Crippen LogP contribution >= 0.6 is 15.9 Å². The van der Waals surface area contributed by atoms with Crippen LogP contribution in [-0.4, -0.2) is 30.0 Å². The second-order valence-electron chi connectivity index (χ2n) is 5.17. The minimum atomic E-state index is 0.409. The topological polar surface area (TPSA) is 30.3 Å². The van der Waals surface area contributed by atoms with E-state index < -0.39 is 0 Å². The maximum absolute atomic E-state index is 5.25. The van der Waals surface area contributed by atoms with Crippen LogP contribution in [0.4, 0.5) is 5.69 Å². The molecule has 19 heavy (non-hydrogen) atoms. The van der Waals surface area contributed by atoms with E-state index in [0.29, 0.717) is 6.04 Å². The maximum atomic E-state index is 5.25. The summed E-state index contributed by atoms with van der Waals surface area (Å²) in [6, 6.07) is 6.70. The lowest BCUT2D eigenvalue weighted by atomic mass is 10.0. The van der Waals surface area contributed by atoms with E-state index in [1.165, 1.54) is 16.8 Å². The lowest BCUT2D eigenvalue weighted by Gasteiger charge is -2.27. The van der Waals surface area contributed by atoms with Crippen LogP contribution in [0.5, 0.6) is 0 Å². The van der Waals surface area contributed by atoms with E-state index in [4.69, 9.17) is 9.84 Å². The van der Waals surface area contributed by atoms with Crippen LogP contribution in [0.25, 0.3) is 11.3 Å². The molecule has 0 unspecified atom stereocenters. The Kier molecular flexibility index (Phi) is 2.47. The summed E-state index contributed by atoms with van der Waals surface area (Å²) >= 11 is 3.64. The molecule has 0 bridgehead atoms. The quantitative estimate of drug-likeness (QED) is 0.809. The van der Waals surface area contributed by atoms with Gasteiger partial charge in [-0.3, -0.25) is 4.68 Å². The first-order valence-corrected chi connectivity index (χ1v) is 7.19. The number of halogens is 1. The van der Waals surface area contributed by atoms with Crippen LogP contribution < -0.4 is 4.90 Å². The van der Waals surface area contributed by atoms with Gasteiger partial charge in [0.15, 0.2) is 0 Å². The Bertz CT molecular complexity index is 648. The third-order valence-electron chi connectivity index (χ3n) is 3.83. The van der Waals surface area contributed by atoms with Crippen molar-refractivity contribution in [2.75, 3.05) is 25.2 Å². The second kappa shape index (κ2) is 4.08. The molecule has 0 aliphatic carbocycles. The molecule has 0 spiro atoms. The molecule has 2 aliphatic heterocycles.